The van der Waals surface area contributed by atoms with Gasteiger partial charge in [0.2, 0.25) is 0 Å². The van der Waals surface area contributed by atoms with Gasteiger partial charge < -0.3 is 15.0 Å². The maximum absolute atomic E-state index is 12.5. The van der Waals surface area contributed by atoms with Gasteiger partial charge in [0, 0.05) is 29.9 Å². The maximum atomic E-state index is 12.5. The summed E-state index contributed by atoms with van der Waals surface area (Å²) in [6, 6.07) is 1.83. The summed E-state index contributed by atoms with van der Waals surface area (Å²) in [6.07, 6.45) is 3.16. The number of fused-ring (bicyclic) bond motifs is 3. The molecule has 0 bridgehead atoms. The second-order valence-electron chi connectivity index (χ2n) is 6.70. The molecule has 23 heavy (non-hydrogen) atoms. The molecule has 1 aliphatic heterocycles. The lowest BCUT2D eigenvalue weighted by Gasteiger charge is -2.23. The van der Waals surface area contributed by atoms with Crippen molar-refractivity contribution >= 4 is 34.2 Å². The van der Waals surface area contributed by atoms with E-state index in [0.29, 0.717) is 17.1 Å². The van der Waals surface area contributed by atoms with Crippen molar-refractivity contribution in [2.24, 2.45) is 0 Å². The predicted octanol–water partition coefficient (Wildman–Crippen LogP) is 3.39. The number of aromatic nitrogens is 2. The van der Waals surface area contributed by atoms with Gasteiger partial charge >= 0.3 is 5.97 Å². The van der Waals surface area contributed by atoms with Gasteiger partial charge in [0.1, 0.15) is 0 Å². The van der Waals surface area contributed by atoms with Crippen LogP contribution >= 0.6 is 11.6 Å². The average molecular weight is 334 g/mol. The van der Waals surface area contributed by atoms with Crippen molar-refractivity contribution in [3.8, 4) is 0 Å². The monoisotopic (exact) mass is 333 g/mol. The molecule has 0 spiro atoms. The third-order valence-corrected chi connectivity index (χ3v) is 4.11. The van der Waals surface area contributed by atoms with E-state index in [0.717, 1.165) is 22.3 Å². The summed E-state index contributed by atoms with van der Waals surface area (Å²) in [5.74, 6) is -0.357. The summed E-state index contributed by atoms with van der Waals surface area (Å²) in [5, 5.41) is 3.77. The highest BCUT2D eigenvalue weighted by molar-refractivity contribution is 6.31. The van der Waals surface area contributed by atoms with Crippen molar-refractivity contribution in [2.75, 3.05) is 6.54 Å². The predicted molar refractivity (Wildman–Crippen MR) is 91.3 cm³/mol. The van der Waals surface area contributed by atoms with Crippen LogP contribution in [0.5, 0.6) is 0 Å². The lowest BCUT2D eigenvalue weighted by Crippen LogP contribution is -2.29. The minimum atomic E-state index is -0.357. The molecule has 0 saturated heterocycles. The van der Waals surface area contributed by atoms with Crippen molar-refractivity contribution in [1.82, 2.24) is 15.3 Å². The first-order valence-corrected chi connectivity index (χ1v) is 8.00. The van der Waals surface area contributed by atoms with Crippen LogP contribution < -0.4 is 5.32 Å². The number of hydrogen-bond donors (Lipinski definition) is 2. The highest BCUT2D eigenvalue weighted by Gasteiger charge is 2.34. The molecule has 0 atom stereocenters. The second-order valence-corrected chi connectivity index (χ2v) is 7.14. The lowest BCUT2D eigenvalue weighted by molar-refractivity contribution is -0.140. The number of ether oxygens (including phenoxy) is 1. The molecule has 3 rings (SSSR count). The summed E-state index contributed by atoms with van der Waals surface area (Å²) in [4.78, 5) is 20.3. The number of esters is 1. The molecule has 5 nitrogen and oxygen atoms in total. The molecule has 0 amide bonds. The molecular weight excluding hydrogens is 314 g/mol. The SMILES string of the molecule is CC(C)OC(=O)C1=CNCC(C)(C)c2c1[nH]c1cc(Cl)cnc21. The Hall–Kier alpha value is -2.01. The number of hydrogen-bond acceptors (Lipinski definition) is 4. The summed E-state index contributed by atoms with van der Waals surface area (Å²) < 4.78 is 5.38. The summed E-state index contributed by atoms with van der Waals surface area (Å²) in [7, 11) is 0. The normalized spacial score (nSPS) is 16.5. The van der Waals surface area contributed by atoms with Gasteiger partial charge in [0.15, 0.2) is 0 Å². The van der Waals surface area contributed by atoms with E-state index >= 15 is 0 Å². The Labute approximate surface area is 140 Å². The third kappa shape index (κ3) is 2.81. The van der Waals surface area contributed by atoms with Crippen LogP contribution in [-0.2, 0) is 14.9 Å². The number of pyridine rings is 1. The first-order chi connectivity index (χ1) is 10.8. The molecule has 1 aliphatic rings. The van der Waals surface area contributed by atoms with E-state index in [1.807, 2.05) is 19.9 Å². The number of carbonyl (C=O) groups is 1. The Morgan fingerprint density at radius 3 is 2.87 bits per heavy atom. The van der Waals surface area contributed by atoms with Gasteiger partial charge in [-0.25, -0.2) is 4.79 Å². The standard InChI is InChI=1S/C17H20ClN3O2/c1-9(2)23-16(22)11-7-19-8-17(3,4)13-14(11)21-12-5-10(18)6-20-15(12)13/h5-7,9,19,21H,8H2,1-4H3. The number of nitrogens with zero attached hydrogens (tertiary/aromatic N) is 1. The van der Waals surface area contributed by atoms with E-state index in [1.54, 1.807) is 12.4 Å². The van der Waals surface area contributed by atoms with Gasteiger partial charge in [0.25, 0.3) is 0 Å². The van der Waals surface area contributed by atoms with E-state index in [1.165, 1.54) is 0 Å². The Kier molecular flexibility index (Phi) is 3.84. The van der Waals surface area contributed by atoms with Crippen molar-refractivity contribution < 1.29 is 9.53 Å². The van der Waals surface area contributed by atoms with E-state index in [2.05, 4.69) is 29.1 Å². The maximum Gasteiger partial charge on any atom is 0.342 e. The van der Waals surface area contributed by atoms with Crippen molar-refractivity contribution in [3.63, 3.8) is 0 Å². The molecule has 122 valence electrons. The zero-order valence-corrected chi connectivity index (χ0v) is 14.4. The van der Waals surface area contributed by atoms with E-state index in [-0.39, 0.29) is 17.5 Å². The molecule has 2 N–H and O–H groups in total. The lowest BCUT2D eigenvalue weighted by atomic mass is 9.83. The molecule has 2 aromatic heterocycles. The molecule has 0 aromatic carbocycles. The second kappa shape index (κ2) is 5.57. The first-order valence-electron chi connectivity index (χ1n) is 7.62. The number of aromatic amines is 1. The van der Waals surface area contributed by atoms with Crippen LogP contribution in [0.25, 0.3) is 16.6 Å². The van der Waals surface area contributed by atoms with Gasteiger partial charge in [-0.05, 0) is 19.9 Å². The fraction of sp³-hybridized carbons (Fsp3) is 0.412. The highest BCUT2D eigenvalue weighted by Crippen LogP contribution is 2.38. The van der Waals surface area contributed by atoms with Gasteiger partial charge in [0.05, 0.1) is 33.4 Å². The molecule has 0 fully saturated rings. The van der Waals surface area contributed by atoms with Crippen LogP contribution in [0.2, 0.25) is 5.02 Å². The van der Waals surface area contributed by atoms with Crippen LogP contribution in [-0.4, -0.2) is 28.6 Å². The smallest absolute Gasteiger partial charge is 0.342 e. The van der Waals surface area contributed by atoms with Gasteiger partial charge in [-0.2, -0.15) is 0 Å². The van der Waals surface area contributed by atoms with E-state index < -0.39 is 0 Å². The van der Waals surface area contributed by atoms with Crippen molar-refractivity contribution in [1.29, 1.82) is 0 Å². The molecule has 3 heterocycles. The quantitative estimate of drug-likeness (QED) is 0.827. The fourth-order valence-corrected chi connectivity index (χ4v) is 3.08. The minimum absolute atomic E-state index is 0.180. The van der Waals surface area contributed by atoms with Crippen LogP contribution in [0.1, 0.15) is 39.0 Å². The Morgan fingerprint density at radius 1 is 1.43 bits per heavy atom. The van der Waals surface area contributed by atoms with Crippen molar-refractivity contribution in [2.45, 2.75) is 39.2 Å². The van der Waals surface area contributed by atoms with Gasteiger partial charge in [-0.15, -0.1) is 0 Å². The molecule has 0 radical (unpaired) electrons. The highest BCUT2D eigenvalue weighted by atomic mass is 35.5. The molecule has 0 aliphatic carbocycles. The van der Waals surface area contributed by atoms with E-state index in [4.69, 9.17) is 16.3 Å². The first kappa shape index (κ1) is 15.9. The third-order valence-electron chi connectivity index (χ3n) is 3.90. The fourth-order valence-electron chi connectivity index (χ4n) is 2.92. The zero-order valence-electron chi connectivity index (χ0n) is 13.7. The number of halogens is 1. The molecule has 2 aromatic rings. The van der Waals surface area contributed by atoms with E-state index in [9.17, 15) is 4.79 Å². The molecule has 0 saturated carbocycles. The Balaban J connectivity index is 2.22. The van der Waals surface area contributed by atoms with Gasteiger partial charge in [-0.1, -0.05) is 25.4 Å². The van der Waals surface area contributed by atoms with Crippen molar-refractivity contribution in [3.05, 3.63) is 34.7 Å². The van der Waals surface area contributed by atoms with Gasteiger partial charge in [-0.3, -0.25) is 4.98 Å². The zero-order chi connectivity index (χ0) is 16.8. The number of carbonyl (C=O) groups excluding carboxylic acids is 1. The number of nitrogens with one attached hydrogen (secondary N) is 2. The van der Waals surface area contributed by atoms with Crippen LogP contribution in [0, 0.1) is 0 Å². The summed E-state index contributed by atoms with van der Waals surface area (Å²) in [5.41, 5.74) is 3.68. The molecule has 0 unspecified atom stereocenters. The average Bonchev–Trinajstić information content (AvgIpc) is 2.75. The number of rotatable bonds is 2. The Bertz CT molecular complexity index is 806. The Morgan fingerprint density at radius 2 is 2.17 bits per heavy atom. The number of H-pyrrole nitrogens is 1. The van der Waals surface area contributed by atoms with Crippen LogP contribution in [0.4, 0.5) is 0 Å². The molecular formula is C17H20ClN3O2. The summed E-state index contributed by atoms with van der Waals surface area (Å²) >= 11 is 6.05. The largest absolute Gasteiger partial charge is 0.459 e. The molecule has 6 heteroatoms. The topological polar surface area (TPSA) is 67.0 Å². The summed E-state index contributed by atoms with van der Waals surface area (Å²) in [6.45, 7) is 8.59. The minimum Gasteiger partial charge on any atom is -0.459 e. The van der Waals surface area contributed by atoms with Crippen LogP contribution in [0.15, 0.2) is 18.5 Å². The van der Waals surface area contributed by atoms with Crippen LogP contribution in [0.3, 0.4) is 0 Å².